The molecule has 2 bridgehead atoms. The number of methoxy groups -OCH3 is 1. The lowest BCUT2D eigenvalue weighted by molar-refractivity contribution is -0.148. The fourth-order valence-corrected chi connectivity index (χ4v) is 5.11. The molecule has 9 heteroatoms. The van der Waals surface area contributed by atoms with E-state index in [1.165, 1.54) is 13.3 Å². The maximum atomic E-state index is 12.8. The second kappa shape index (κ2) is 8.45. The number of hydrazone groups is 1. The van der Waals surface area contributed by atoms with Gasteiger partial charge in [-0.2, -0.15) is 10.1 Å². The summed E-state index contributed by atoms with van der Waals surface area (Å²) in [5, 5.41) is 5.20. The van der Waals surface area contributed by atoms with E-state index >= 15 is 0 Å². The Bertz CT molecular complexity index is 960. The summed E-state index contributed by atoms with van der Waals surface area (Å²) in [4.78, 5) is 37.3. The van der Waals surface area contributed by atoms with E-state index < -0.39 is 12.1 Å². The van der Waals surface area contributed by atoms with Crippen LogP contribution >= 0.6 is 15.9 Å². The Labute approximate surface area is 188 Å². The van der Waals surface area contributed by atoms with E-state index in [0.717, 1.165) is 11.4 Å². The molecule has 1 aromatic carbocycles. The number of carbonyl (C=O) groups excluding carboxylic acids is 3. The standard InChI is InChI=1S/C22H23BrN2O6/c1-4-30-16-8-12(7-15(23)19(16)31-11(2)22(28)29-3)10-24-25-20(26)17-13-5-6-14(9-13)18(17)21(25)27/h5-8,10-11,13-14,17-18H,4,9H2,1-3H3/t11-,13-,14-,17-,18+/m0/s1. The first-order valence-corrected chi connectivity index (χ1v) is 11.0. The van der Waals surface area contributed by atoms with Crippen molar-refractivity contribution in [2.45, 2.75) is 26.4 Å². The number of nitrogens with zero attached hydrogens (tertiary/aromatic N) is 2. The molecule has 1 heterocycles. The topological polar surface area (TPSA) is 94.5 Å². The third-order valence-corrected chi connectivity index (χ3v) is 6.52. The largest absolute Gasteiger partial charge is 0.490 e. The van der Waals surface area contributed by atoms with Crippen LogP contribution in [0.2, 0.25) is 0 Å². The van der Waals surface area contributed by atoms with E-state index in [0.29, 0.717) is 28.1 Å². The van der Waals surface area contributed by atoms with Gasteiger partial charge in [-0.15, -0.1) is 0 Å². The Morgan fingerprint density at radius 1 is 1.26 bits per heavy atom. The van der Waals surface area contributed by atoms with Crippen molar-refractivity contribution in [2.24, 2.45) is 28.8 Å². The normalized spacial score (nSPS) is 27.2. The first-order valence-electron chi connectivity index (χ1n) is 10.2. The number of carbonyl (C=O) groups is 3. The number of ether oxygens (including phenoxy) is 3. The molecule has 164 valence electrons. The molecule has 1 aromatic rings. The highest BCUT2D eigenvalue weighted by Gasteiger charge is 2.59. The van der Waals surface area contributed by atoms with Gasteiger partial charge < -0.3 is 14.2 Å². The third-order valence-electron chi connectivity index (χ3n) is 5.93. The number of fused-ring (bicyclic) bond motifs is 5. The van der Waals surface area contributed by atoms with Crippen LogP contribution in [-0.2, 0) is 19.1 Å². The molecule has 1 aliphatic heterocycles. The van der Waals surface area contributed by atoms with Gasteiger partial charge in [0.1, 0.15) is 0 Å². The summed E-state index contributed by atoms with van der Waals surface area (Å²) in [5.41, 5.74) is 0.604. The summed E-state index contributed by atoms with van der Waals surface area (Å²) in [6, 6.07) is 3.39. The van der Waals surface area contributed by atoms with E-state index in [-0.39, 0.29) is 35.5 Å². The molecular weight excluding hydrogens is 468 g/mol. The molecule has 0 radical (unpaired) electrons. The van der Waals surface area contributed by atoms with E-state index in [9.17, 15) is 14.4 Å². The van der Waals surface area contributed by atoms with Gasteiger partial charge in [0, 0.05) is 0 Å². The molecule has 8 nitrogen and oxygen atoms in total. The Morgan fingerprint density at radius 2 is 1.90 bits per heavy atom. The van der Waals surface area contributed by atoms with Gasteiger partial charge in [-0.25, -0.2) is 4.79 Å². The van der Waals surface area contributed by atoms with Gasteiger partial charge in [0.25, 0.3) is 11.8 Å². The molecule has 0 aromatic heterocycles. The summed E-state index contributed by atoms with van der Waals surface area (Å²) >= 11 is 3.43. The summed E-state index contributed by atoms with van der Waals surface area (Å²) in [6.07, 6.45) is 5.59. The SMILES string of the molecule is CCOc1cc(C=NN2C(=O)[C@@H]3[C@H](C2=O)[C@H]2C=C[C@H]3C2)cc(Br)c1O[C@@H](C)C(=O)OC. The molecule has 0 spiro atoms. The number of allylic oxidation sites excluding steroid dienone is 2. The first-order chi connectivity index (χ1) is 14.8. The van der Waals surface area contributed by atoms with Crippen LogP contribution in [0.3, 0.4) is 0 Å². The number of esters is 1. The lowest BCUT2D eigenvalue weighted by Crippen LogP contribution is -2.28. The summed E-state index contributed by atoms with van der Waals surface area (Å²) < 4.78 is 16.6. The van der Waals surface area contributed by atoms with Crippen LogP contribution < -0.4 is 9.47 Å². The van der Waals surface area contributed by atoms with Crippen molar-refractivity contribution in [1.82, 2.24) is 5.01 Å². The molecule has 0 unspecified atom stereocenters. The highest BCUT2D eigenvalue weighted by atomic mass is 79.9. The second-order valence-corrected chi connectivity index (χ2v) is 8.63. The number of benzene rings is 1. The van der Waals surface area contributed by atoms with E-state index in [1.54, 1.807) is 19.1 Å². The maximum absolute atomic E-state index is 12.8. The van der Waals surface area contributed by atoms with Crippen LogP contribution in [0.5, 0.6) is 11.5 Å². The van der Waals surface area contributed by atoms with Gasteiger partial charge in [-0.1, -0.05) is 12.2 Å². The van der Waals surface area contributed by atoms with E-state index in [4.69, 9.17) is 14.2 Å². The highest BCUT2D eigenvalue weighted by Crippen LogP contribution is 2.52. The zero-order valence-electron chi connectivity index (χ0n) is 17.4. The Morgan fingerprint density at radius 3 is 2.48 bits per heavy atom. The van der Waals surface area contributed by atoms with Crippen LogP contribution in [0.25, 0.3) is 0 Å². The van der Waals surface area contributed by atoms with Gasteiger partial charge in [-0.05, 0) is 65.7 Å². The van der Waals surface area contributed by atoms with Crippen molar-refractivity contribution in [3.05, 3.63) is 34.3 Å². The minimum atomic E-state index is -0.830. The Hall–Kier alpha value is -2.68. The molecular formula is C22H23BrN2O6. The van der Waals surface area contributed by atoms with Crippen LogP contribution in [0, 0.1) is 23.7 Å². The van der Waals surface area contributed by atoms with Gasteiger partial charge >= 0.3 is 5.97 Å². The maximum Gasteiger partial charge on any atom is 0.346 e. The Balaban J connectivity index is 1.56. The number of hydrogen-bond acceptors (Lipinski definition) is 7. The van der Waals surface area contributed by atoms with Crippen molar-refractivity contribution in [3.63, 3.8) is 0 Å². The fourth-order valence-electron chi connectivity index (χ4n) is 4.56. The minimum absolute atomic E-state index is 0.138. The minimum Gasteiger partial charge on any atom is -0.490 e. The smallest absolute Gasteiger partial charge is 0.346 e. The van der Waals surface area contributed by atoms with Crippen LogP contribution in [0.4, 0.5) is 0 Å². The number of amides is 2. The van der Waals surface area contributed by atoms with Crippen molar-refractivity contribution < 1.29 is 28.6 Å². The predicted octanol–water partition coefficient (Wildman–Crippen LogP) is 2.93. The number of imide groups is 1. The zero-order valence-corrected chi connectivity index (χ0v) is 19.0. The van der Waals surface area contributed by atoms with Gasteiger partial charge in [0.05, 0.1) is 36.2 Å². The summed E-state index contributed by atoms with van der Waals surface area (Å²) in [7, 11) is 1.29. The first kappa shape index (κ1) is 21.5. The molecule has 31 heavy (non-hydrogen) atoms. The third kappa shape index (κ3) is 3.75. The summed E-state index contributed by atoms with van der Waals surface area (Å²) in [6.45, 7) is 3.77. The number of rotatable bonds is 7. The lowest BCUT2D eigenvalue weighted by Gasteiger charge is -2.18. The van der Waals surface area contributed by atoms with Gasteiger partial charge in [-0.3, -0.25) is 9.59 Å². The summed E-state index contributed by atoms with van der Waals surface area (Å²) in [5.74, 6) is -0.549. The van der Waals surface area contributed by atoms with Crippen LogP contribution in [0.15, 0.2) is 33.9 Å². The van der Waals surface area contributed by atoms with Crippen molar-refractivity contribution >= 4 is 39.9 Å². The van der Waals surface area contributed by atoms with E-state index in [2.05, 4.69) is 21.0 Å². The molecule has 1 saturated heterocycles. The number of halogens is 1. The van der Waals surface area contributed by atoms with Crippen LogP contribution in [0.1, 0.15) is 25.8 Å². The van der Waals surface area contributed by atoms with Crippen molar-refractivity contribution in [1.29, 1.82) is 0 Å². The van der Waals surface area contributed by atoms with E-state index in [1.807, 2.05) is 19.1 Å². The average Bonchev–Trinajstić information content (AvgIpc) is 3.43. The molecule has 2 fully saturated rings. The second-order valence-electron chi connectivity index (χ2n) is 7.78. The van der Waals surface area contributed by atoms with Crippen LogP contribution in [-0.4, -0.2) is 48.8 Å². The number of hydrogen-bond donors (Lipinski definition) is 0. The fraction of sp³-hybridized carbons (Fsp3) is 0.455. The molecule has 4 rings (SSSR count). The predicted molar refractivity (Wildman–Crippen MR) is 115 cm³/mol. The van der Waals surface area contributed by atoms with Crippen molar-refractivity contribution in [2.75, 3.05) is 13.7 Å². The van der Waals surface area contributed by atoms with Gasteiger partial charge in [0.2, 0.25) is 0 Å². The molecule has 5 atom stereocenters. The molecule has 1 saturated carbocycles. The average molecular weight is 491 g/mol. The van der Waals surface area contributed by atoms with Gasteiger partial charge in [0.15, 0.2) is 17.6 Å². The van der Waals surface area contributed by atoms with Crippen molar-refractivity contribution in [3.8, 4) is 11.5 Å². The zero-order chi connectivity index (χ0) is 22.3. The Kier molecular flexibility index (Phi) is 5.88. The lowest BCUT2D eigenvalue weighted by atomic mass is 9.85. The molecule has 3 aliphatic rings. The quantitative estimate of drug-likeness (QED) is 0.252. The molecule has 2 amide bonds. The molecule has 0 N–H and O–H groups in total. The monoisotopic (exact) mass is 490 g/mol. The highest BCUT2D eigenvalue weighted by molar-refractivity contribution is 9.10. The molecule has 2 aliphatic carbocycles.